The molecule has 3 aromatic rings. The van der Waals surface area contributed by atoms with Gasteiger partial charge in [0.1, 0.15) is 0 Å². The van der Waals surface area contributed by atoms with Crippen molar-refractivity contribution in [3.8, 4) is 11.4 Å². The summed E-state index contributed by atoms with van der Waals surface area (Å²) in [5, 5.41) is 16.0. The molecule has 0 radical (unpaired) electrons. The molecule has 1 aliphatic rings. The molecular weight excluding hydrogens is 352 g/mol. The topological polar surface area (TPSA) is 79.7 Å². The van der Waals surface area contributed by atoms with Gasteiger partial charge in [-0.3, -0.25) is 14.5 Å². The molecule has 1 aromatic carbocycles. The first-order valence-electron chi connectivity index (χ1n) is 8.57. The standard InChI is InChI=1S/C18H19ClN6O/c1-24-17(14-10-20-21-11-14)22-23-18(24)25-8-6-13(7-9-25)16(26)12-2-4-15(19)5-3-12/h2-5,10-11,13H,6-9H2,1H3,(H,20,21). The number of hydrogen-bond donors (Lipinski definition) is 1. The van der Waals surface area contributed by atoms with Gasteiger partial charge in [0.2, 0.25) is 5.95 Å². The van der Waals surface area contributed by atoms with Gasteiger partial charge in [-0.2, -0.15) is 5.10 Å². The lowest BCUT2D eigenvalue weighted by Gasteiger charge is -2.31. The Hall–Kier alpha value is -2.67. The first kappa shape index (κ1) is 16.8. The lowest BCUT2D eigenvalue weighted by molar-refractivity contribution is 0.0900. The Morgan fingerprint density at radius 1 is 1.19 bits per heavy atom. The van der Waals surface area contributed by atoms with E-state index in [2.05, 4.69) is 25.3 Å². The number of anilines is 1. The summed E-state index contributed by atoms with van der Waals surface area (Å²) < 4.78 is 1.96. The molecule has 0 spiro atoms. The Morgan fingerprint density at radius 3 is 2.58 bits per heavy atom. The molecule has 1 aliphatic heterocycles. The van der Waals surface area contributed by atoms with Crippen LogP contribution in [0, 0.1) is 5.92 Å². The number of hydrogen-bond acceptors (Lipinski definition) is 5. The molecule has 0 bridgehead atoms. The van der Waals surface area contributed by atoms with E-state index in [4.69, 9.17) is 11.6 Å². The van der Waals surface area contributed by atoms with Gasteiger partial charge in [0.15, 0.2) is 11.6 Å². The second kappa shape index (κ2) is 6.92. The van der Waals surface area contributed by atoms with Crippen molar-refractivity contribution in [1.29, 1.82) is 0 Å². The molecule has 0 unspecified atom stereocenters. The molecule has 0 saturated carbocycles. The largest absolute Gasteiger partial charge is 0.341 e. The van der Waals surface area contributed by atoms with Crippen LogP contribution >= 0.6 is 11.6 Å². The Kier molecular flexibility index (Phi) is 4.46. The van der Waals surface area contributed by atoms with Crippen molar-refractivity contribution >= 4 is 23.3 Å². The Balaban J connectivity index is 1.44. The number of aromatic nitrogens is 5. The van der Waals surface area contributed by atoms with E-state index < -0.39 is 0 Å². The fourth-order valence-electron chi connectivity index (χ4n) is 3.41. The van der Waals surface area contributed by atoms with Crippen LogP contribution < -0.4 is 4.90 Å². The van der Waals surface area contributed by atoms with E-state index in [-0.39, 0.29) is 11.7 Å². The summed E-state index contributed by atoms with van der Waals surface area (Å²) in [6.07, 6.45) is 5.13. The highest BCUT2D eigenvalue weighted by Crippen LogP contribution is 2.27. The van der Waals surface area contributed by atoms with Crippen LogP contribution in [-0.2, 0) is 7.05 Å². The average molecular weight is 371 g/mol. The van der Waals surface area contributed by atoms with E-state index in [9.17, 15) is 4.79 Å². The maximum Gasteiger partial charge on any atom is 0.227 e. The third-order valence-corrected chi connectivity index (χ3v) is 5.14. The summed E-state index contributed by atoms with van der Waals surface area (Å²) >= 11 is 5.90. The zero-order valence-electron chi connectivity index (χ0n) is 14.4. The van der Waals surface area contributed by atoms with Crippen LogP contribution in [0.2, 0.25) is 5.02 Å². The Morgan fingerprint density at radius 2 is 1.92 bits per heavy atom. The van der Waals surface area contributed by atoms with Gasteiger partial charge in [-0.1, -0.05) is 11.6 Å². The molecule has 7 nitrogen and oxygen atoms in total. The highest BCUT2D eigenvalue weighted by molar-refractivity contribution is 6.30. The monoisotopic (exact) mass is 370 g/mol. The second-order valence-corrected chi connectivity index (χ2v) is 6.94. The molecule has 134 valence electrons. The normalized spacial score (nSPS) is 15.4. The van der Waals surface area contributed by atoms with Crippen LogP contribution in [-0.4, -0.2) is 43.8 Å². The predicted molar refractivity (Wildman–Crippen MR) is 99.3 cm³/mol. The number of nitrogens with one attached hydrogen (secondary N) is 1. The van der Waals surface area contributed by atoms with Crippen molar-refractivity contribution in [3.63, 3.8) is 0 Å². The zero-order valence-corrected chi connectivity index (χ0v) is 15.1. The van der Waals surface area contributed by atoms with Crippen LogP contribution in [0.1, 0.15) is 23.2 Å². The number of Topliss-reactive ketones (excluding diaryl/α,β-unsaturated/α-hetero) is 1. The zero-order chi connectivity index (χ0) is 18.1. The lowest BCUT2D eigenvalue weighted by atomic mass is 9.89. The molecule has 1 fully saturated rings. The van der Waals surface area contributed by atoms with Gasteiger partial charge in [-0.25, -0.2) is 0 Å². The minimum Gasteiger partial charge on any atom is -0.341 e. The molecule has 3 heterocycles. The molecule has 1 saturated heterocycles. The SMILES string of the molecule is Cn1c(-c2cn[nH]c2)nnc1N1CCC(C(=O)c2ccc(Cl)cc2)CC1. The van der Waals surface area contributed by atoms with Crippen molar-refractivity contribution < 1.29 is 4.79 Å². The van der Waals surface area contributed by atoms with Gasteiger partial charge < -0.3 is 4.90 Å². The van der Waals surface area contributed by atoms with Crippen molar-refractivity contribution in [1.82, 2.24) is 25.0 Å². The molecule has 0 amide bonds. The Labute approximate surface area is 156 Å². The van der Waals surface area contributed by atoms with Gasteiger partial charge in [0.05, 0.1) is 11.8 Å². The fraction of sp³-hybridized carbons (Fsp3) is 0.333. The van der Waals surface area contributed by atoms with E-state index in [0.29, 0.717) is 5.02 Å². The number of H-pyrrole nitrogens is 1. The maximum atomic E-state index is 12.7. The van der Waals surface area contributed by atoms with Crippen molar-refractivity contribution in [2.24, 2.45) is 13.0 Å². The number of carbonyl (C=O) groups is 1. The summed E-state index contributed by atoms with van der Waals surface area (Å²) in [7, 11) is 1.95. The number of aromatic amines is 1. The van der Waals surface area contributed by atoms with Crippen LogP contribution in [0.5, 0.6) is 0 Å². The lowest BCUT2D eigenvalue weighted by Crippen LogP contribution is -2.37. The summed E-state index contributed by atoms with van der Waals surface area (Å²) in [5.41, 5.74) is 1.63. The van der Waals surface area contributed by atoms with Crippen LogP contribution in [0.3, 0.4) is 0 Å². The van der Waals surface area contributed by atoms with E-state index in [1.54, 1.807) is 36.7 Å². The van der Waals surface area contributed by atoms with Crippen LogP contribution in [0.4, 0.5) is 5.95 Å². The van der Waals surface area contributed by atoms with E-state index in [1.165, 1.54) is 0 Å². The van der Waals surface area contributed by atoms with Gasteiger partial charge >= 0.3 is 0 Å². The third-order valence-electron chi connectivity index (χ3n) is 4.89. The highest BCUT2D eigenvalue weighted by Gasteiger charge is 2.28. The number of benzene rings is 1. The minimum atomic E-state index is 0.0361. The van der Waals surface area contributed by atoms with E-state index in [0.717, 1.165) is 48.8 Å². The van der Waals surface area contributed by atoms with E-state index in [1.807, 2.05) is 11.6 Å². The number of halogens is 1. The molecular formula is C18H19ClN6O. The first-order valence-corrected chi connectivity index (χ1v) is 8.94. The molecule has 0 atom stereocenters. The predicted octanol–water partition coefficient (Wildman–Crippen LogP) is 2.96. The number of piperidine rings is 1. The highest BCUT2D eigenvalue weighted by atomic mass is 35.5. The third kappa shape index (κ3) is 3.10. The fourth-order valence-corrected chi connectivity index (χ4v) is 3.54. The van der Waals surface area contributed by atoms with Crippen LogP contribution in [0.25, 0.3) is 11.4 Å². The summed E-state index contributed by atoms with van der Waals surface area (Å²) in [5.74, 6) is 1.82. The van der Waals surface area contributed by atoms with Crippen LogP contribution in [0.15, 0.2) is 36.7 Å². The molecule has 2 aromatic heterocycles. The number of ketones is 1. The van der Waals surface area contributed by atoms with Crippen molar-refractivity contribution in [2.45, 2.75) is 12.8 Å². The summed E-state index contributed by atoms with van der Waals surface area (Å²) in [6, 6.07) is 7.13. The number of nitrogens with zero attached hydrogens (tertiary/aromatic N) is 5. The Bertz CT molecular complexity index is 894. The molecule has 26 heavy (non-hydrogen) atoms. The molecule has 4 rings (SSSR count). The minimum absolute atomic E-state index is 0.0361. The number of carbonyl (C=O) groups excluding carboxylic acids is 1. The van der Waals surface area contributed by atoms with Gasteiger partial charge in [0, 0.05) is 42.8 Å². The molecule has 1 N–H and O–H groups in total. The quantitative estimate of drug-likeness (QED) is 0.714. The average Bonchev–Trinajstić information content (AvgIpc) is 3.31. The summed E-state index contributed by atoms with van der Waals surface area (Å²) in [4.78, 5) is 14.9. The molecule has 8 heteroatoms. The van der Waals surface area contributed by atoms with Gasteiger partial charge in [-0.05, 0) is 37.1 Å². The summed E-state index contributed by atoms with van der Waals surface area (Å²) in [6.45, 7) is 1.56. The molecule has 0 aliphatic carbocycles. The van der Waals surface area contributed by atoms with Gasteiger partial charge in [0.25, 0.3) is 0 Å². The van der Waals surface area contributed by atoms with Gasteiger partial charge in [-0.15, -0.1) is 10.2 Å². The second-order valence-electron chi connectivity index (χ2n) is 6.50. The van der Waals surface area contributed by atoms with E-state index >= 15 is 0 Å². The first-order chi connectivity index (χ1) is 12.6. The smallest absolute Gasteiger partial charge is 0.227 e. The van der Waals surface area contributed by atoms with Crippen molar-refractivity contribution in [2.75, 3.05) is 18.0 Å². The van der Waals surface area contributed by atoms with Crippen molar-refractivity contribution in [3.05, 3.63) is 47.2 Å². The maximum absolute atomic E-state index is 12.7. The number of rotatable bonds is 4.